The first-order chi connectivity index (χ1) is 8.57. The fourth-order valence-electron chi connectivity index (χ4n) is 1.22. The summed E-state index contributed by atoms with van der Waals surface area (Å²) in [6, 6.07) is 1.45. The van der Waals surface area contributed by atoms with Crippen LogP contribution in [0.2, 0.25) is 0 Å². The fourth-order valence-corrected chi connectivity index (χ4v) is 1.22. The van der Waals surface area contributed by atoms with Gasteiger partial charge in [0.15, 0.2) is 0 Å². The van der Waals surface area contributed by atoms with Crippen molar-refractivity contribution < 1.29 is 23.1 Å². The van der Waals surface area contributed by atoms with Gasteiger partial charge in [0.05, 0.1) is 5.54 Å². The van der Waals surface area contributed by atoms with E-state index < -0.39 is 29.2 Å². The number of anilines is 1. The number of nitrogens with zero attached hydrogens (tertiary/aromatic N) is 1. The summed E-state index contributed by atoms with van der Waals surface area (Å²) in [5.41, 5.74) is -2.59. The van der Waals surface area contributed by atoms with Crippen LogP contribution in [0.5, 0.6) is 0 Å². The summed E-state index contributed by atoms with van der Waals surface area (Å²) < 4.78 is 37.6. The third kappa shape index (κ3) is 3.61. The molecule has 7 heteroatoms. The Morgan fingerprint density at radius 2 is 2.00 bits per heavy atom. The molecule has 0 aliphatic rings. The quantitative estimate of drug-likeness (QED) is 0.830. The number of alkyl halides is 3. The first-order valence-electron chi connectivity index (χ1n) is 5.14. The van der Waals surface area contributed by atoms with Crippen molar-refractivity contribution in [2.24, 2.45) is 0 Å². The zero-order valence-corrected chi connectivity index (χ0v) is 10.2. The van der Waals surface area contributed by atoms with E-state index in [-0.39, 0.29) is 5.56 Å². The molecule has 102 valence electrons. The molecule has 0 saturated heterocycles. The molecule has 0 unspecified atom stereocenters. The summed E-state index contributed by atoms with van der Waals surface area (Å²) >= 11 is 0. The van der Waals surface area contributed by atoms with Crippen LogP contribution in [0, 0.1) is 12.3 Å². The average Bonchev–Trinajstić information content (AvgIpc) is 2.27. The van der Waals surface area contributed by atoms with E-state index in [0.29, 0.717) is 6.07 Å². The summed E-state index contributed by atoms with van der Waals surface area (Å²) in [5.74, 6) is 0.485. The van der Waals surface area contributed by atoms with Gasteiger partial charge >= 0.3 is 12.1 Å². The predicted molar refractivity (Wildman–Crippen MR) is 62.7 cm³/mol. The number of carboxylic acids is 1. The molecule has 1 heterocycles. The lowest BCUT2D eigenvalue weighted by atomic mass is 10.1. The van der Waals surface area contributed by atoms with E-state index in [2.05, 4.69) is 16.2 Å². The Morgan fingerprint density at radius 3 is 2.42 bits per heavy atom. The smallest absolute Gasteiger partial charge is 0.433 e. The molecule has 0 atom stereocenters. The summed E-state index contributed by atoms with van der Waals surface area (Å²) in [6.07, 6.45) is 0.535. The number of aromatic carboxylic acids is 1. The zero-order chi connectivity index (χ0) is 14.8. The maximum absolute atomic E-state index is 12.5. The van der Waals surface area contributed by atoms with Crippen molar-refractivity contribution in [1.29, 1.82) is 0 Å². The Morgan fingerprint density at radius 1 is 1.42 bits per heavy atom. The highest BCUT2D eigenvalue weighted by molar-refractivity contribution is 5.93. The normalized spacial score (nSPS) is 11.8. The lowest BCUT2D eigenvalue weighted by Gasteiger charge is -2.22. The molecule has 0 saturated carbocycles. The Balaban J connectivity index is 3.33. The molecule has 0 spiro atoms. The Kier molecular flexibility index (Phi) is 3.75. The van der Waals surface area contributed by atoms with E-state index in [1.807, 2.05) is 0 Å². The van der Waals surface area contributed by atoms with E-state index in [4.69, 9.17) is 11.5 Å². The van der Waals surface area contributed by atoms with Gasteiger partial charge in [-0.25, -0.2) is 9.78 Å². The minimum absolute atomic E-state index is 0.378. The molecule has 0 aliphatic carbocycles. The maximum Gasteiger partial charge on any atom is 0.433 e. The van der Waals surface area contributed by atoms with Crippen molar-refractivity contribution in [3.8, 4) is 12.3 Å². The van der Waals surface area contributed by atoms with Crippen LogP contribution >= 0.6 is 0 Å². The van der Waals surface area contributed by atoms with Gasteiger partial charge in [0, 0.05) is 0 Å². The molecule has 4 nitrogen and oxygen atoms in total. The highest BCUT2D eigenvalue weighted by Gasteiger charge is 2.34. The van der Waals surface area contributed by atoms with Crippen molar-refractivity contribution in [3.63, 3.8) is 0 Å². The van der Waals surface area contributed by atoms with Gasteiger partial charge in [-0.2, -0.15) is 13.2 Å². The topological polar surface area (TPSA) is 62.2 Å². The number of rotatable bonds is 3. The van der Waals surface area contributed by atoms with Crippen molar-refractivity contribution in [2.45, 2.75) is 25.6 Å². The number of carbonyl (C=O) groups is 1. The number of aromatic nitrogens is 1. The van der Waals surface area contributed by atoms with E-state index in [0.717, 1.165) is 6.07 Å². The second kappa shape index (κ2) is 4.80. The average molecular weight is 272 g/mol. The molecular formula is C12H11F3N2O2. The van der Waals surface area contributed by atoms with E-state index in [1.54, 1.807) is 0 Å². The third-order valence-corrected chi connectivity index (χ3v) is 2.21. The van der Waals surface area contributed by atoms with Gasteiger partial charge in [-0.3, -0.25) is 0 Å². The van der Waals surface area contributed by atoms with Gasteiger partial charge in [-0.1, -0.05) is 5.92 Å². The molecule has 1 aromatic rings. The van der Waals surface area contributed by atoms with Gasteiger partial charge in [0.25, 0.3) is 0 Å². The molecule has 0 aliphatic heterocycles. The van der Waals surface area contributed by atoms with Crippen LogP contribution in [0.25, 0.3) is 0 Å². The molecule has 0 amide bonds. The molecular weight excluding hydrogens is 261 g/mol. The van der Waals surface area contributed by atoms with Crippen LogP contribution in [0.15, 0.2) is 12.1 Å². The van der Waals surface area contributed by atoms with Crippen LogP contribution in [0.4, 0.5) is 19.0 Å². The lowest BCUT2D eigenvalue weighted by Crippen LogP contribution is -2.30. The van der Waals surface area contributed by atoms with Crippen LogP contribution in [-0.2, 0) is 6.18 Å². The largest absolute Gasteiger partial charge is 0.478 e. The second-order valence-electron chi connectivity index (χ2n) is 4.29. The number of hydrogen-bond acceptors (Lipinski definition) is 3. The highest BCUT2D eigenvalue weighted by Crippen LogP contribution is 2.30. The third-order valence-electron chi connectivity index (χ3n) is 2.21. The summed E-state index contributed by atoms with van der Waals surface area (Å²) in [5, 5.41) is 11.4. The van der Waals surface area contributed by atoms with Crippen LogP contribution in [-0.4, -0.2) is 21.6 Å². The summed E-state index contributed by atoms with van der Waals surface area (Å²) in [7, 11) is 0. The van der Waals surface area contributed by atoms with Gasteiger partial charge in [0.1, 0.15) is 17.1 Å². The number of nitrogens with one attached hydrogen (secondary N) is 1. The molecule has 1 aromatic heterocycles. The monoisotopic (exact) mass is 272 g/mol. The molecule has 1 rings (SSSR count). The number of terminal acetylenes is 1. The zero-order valence-electron chi connectivity index (χ0n) is 10.2. The van der Waals surface area contributed by atoms with E-state index >= 15 is 0 Å². The summed E-state index contributed by atoms with van der Waals surface area (Å²) in [6.45, 7) is 3.03. The molecule has 0 fully saturated rings. The molecule has 0 aromatic carbocycles. The number of pyridine rings is 1. The van der Waals surface area contributed by atoms with Crippen LogP contribution in [0.1, 0.15) is 29.9 Å². The first kappa shape index (κ1) is 14.8. The van der Waals surface area contributed by atoms with Gasteiger partial charge in [-0.15, -0.1) is 6.42 Å². The number of halogens is 3. The fraction of sp³-hybridized carbons (Fsp3) is 0.333. The maximum atomic E-state index is 12.5. The minimum atomic E-state index is -4.66. The first-order valence-corrected chi connectivity index (χ1v) is 5.14. The molecule has 0 radical (unpaired) electrons. The SMILES string of the molecule is C#CC(C)(C)Nc1nc(C(F)(F)F)ccc1C(=O)O. The predicted octanol–water partition coefficient (Wildman–Crippen LogP) is 2.62. The molecule has 19 heavy (non-hydrogen) atoms. The van der Waals surface area contributed by atoms with Crippen LogP contribution in [0.3, 0.4) is 0 Å². The van der Waals surface area contributed by atoms with Crippen molar-refractivity contribution in [3.05, 3.63) is 23.4 Å². The Bertz CT molecular complexity index is 545. The van der Waals surface area contributed by atoms with Crippen molar-refractivity contribution in [2.75, 3.05) is 5.32 Å². The van der Waals surface area contributed by atoms with E-state index in [9.17, 15) is 18.0 Å². The van der Waals surface area contributed by atoms with Crippen LogP contribution < -0.4 is 5.32 Å². The van der Waals surface area contributed by atoms with Gasteiger partial charge in [-0.05, 0) is 26.0 Å². The Labute approximate surface area is 107 Å². The van der Waals surface area contributed by atoms with E-state index in [1.165, 1.54) is 13.8 Å². The molecule has 2 N–H and O–H groups in total. The highest BCUT2D eigenvalue weighted by atomic mass is 19.4. The Hall–Kier alpha value is -2.23. The minimum Gasteiger partial charge on any atom is -0.478 e. The molecule has 0 bridgehead atoms. The summed E-state index contributed by atoms with van der Waals surface area (Å²) in [4.78, 5) is 14.2. The van der Waals surface area contributed by atoms with Crippen molar-refractivity contribution in [1.82, 2.24) is 4.98 Å². The van der Waals surface area contributed by atoms with Gasteiger partial charge in [0.2, 0.25) is 0 Å². The number of hydrogen-bond donors (Lipinski definition) is 2. The van der Waals surface area contributed by atoms with Crippen molar-refractivity contribution >= 4 is 11.8 Å². The number of carboxylic acid groups (broad SMARTS) is 1. The lowest BCUT2D eigenvalue weighted by molar-refractivity contribution is -0.141. The standard InChI is InChI=1S/C12H11F3N2O2/c1-4-11(2,3)17-9-7(10(18)19)5-6-8(16-9)12(13,14)15/h1,5-6H,2-3H3,(H,16,17)(H,18,19). The second-order valence-corrected chi connectivity index (χ2v) is 4.29. The van der Waals surface area contributed by atoms with Gasteiger partial charge < -0.3 is 10.4 Å².